The number of nitrogens with zero attached hydrogens (tertiary/aromatic N) is 1. The molecule has 0 radical (unpaired) electrons. The van der Waals surface area contributed by atoms with E-state index in [9.17, 15) is 4.79 Å². The summed E-state index contributed by atoms with van der Waals surface area (Å²) >= 11 is 0. The van der Waals surface area contributed by atoms with Crippen LogP contribution in [0.1, 0.15) is 22.3 Å². The number of hydrazone groups is 1. The monoisotopic (exact) mass is 205 g/mol. The smallest absolute Gasteiger partial charge is 0.332 e. The van der Waals surface area contributed by atoms with Gasteiger partial charge >= 0.3 is 6.03 Å². The lowest BCUT2D eigenvalue weighted by atomic mass is 10.0. The number of primary amides is 1. The average Bonchev–Trinajstić information content (AvgIpc) is 2.08. The van der Waals surface area contributed by atoms with Crippen LogP contribution in [-0.2, 0) is 0 Å². The summed E-state index contributed by atoms with van der Waals surface area (Å²) in [6.45, 7) is 6.06. The summed E-state index contributed by atoms with van der Waals surface area (Å²) in [5, 5.41) is 3.74. The van der Waals surface area contributed by atoms with Gasteiger partial charge in [-0.2, -0.15) is 5.10 Å². The fourth-order valence-electron chi connectivity index (χ4n) is 1.56. The number of rotatable bonds is 2. The van der Waals surface area contributed by atoms with Crippen molar-refractivity contribution in [1.82, 2.24) is 5.43 Å². The van der Waals surface area contributed by atoms with E-state index in [1.54, 1.807) is 6.21 Å². The highest BCUT2D eigenvalue weighted by molar-refractivity contribution is 5.85. The molecule has 0 saturated heterocycles. The lowest BCUT2D eigenvalue weighted by Crippen LogP contribution is -2.24. The summed E-state index contributed by atoms with van der Waals surface area (Å²) in [4.78, 5) is 10.4. The highest BCUT2D eigenvalue weighted by atomic mass is 16.2. The second-order valence-electron chi connectivity index (χ2n) is 3.55. The van der Waals surface area contributed by atoms with Gasteiger partial charge in [0.25, 0.3) is 0 Å². The van der Waals surface area contributed by atoms with Crippen molar-refractivity contribution in [2.24, 2.45) is 10.8 Å². The lowest BCUT2D eigenvalue weighted by molar-refractivity contribution is 0.249. The average molecular weight is 205 g/mol. The highest BCUT2D eigenvalue weighted by Crippen LogP contribution is 2.13. The summed E-state index contributed by atoms with van der Waals surface area (Å²) in [5.41, 5.74) is 11.5. The van der Waals surface area contributed by atoms with Crippen LogP contribution in [0.25, 0.3) is 0 Å². The van der Waals surface area contributed by atoms with E-state index >= 15 is 0 Å². The predicted octanol–water partition coefficient (Wildman–Crippen LogP) is 1.61. The van der Waals surface area contributed by atoms with Crippen LogP contribution in [0.3, 0.4) is 0 Å². The zero-order chi connectivity index (χ0) is 11.4. The van der Waals surface area contributed by atoms with E-state index in [1.165, 1.54) is 5.56 Å². The van der Waals surface area contributed by atoms with E-state index < -0.39 is 6.03 Å². The first-order chi connectivity index (χ1) is 7.00. The summed E-state index contributed by atoms with van der Waals surface area (Å²) in [6.07, 6.45) is 1.61. The maximum absolute atomic E-state index is 10.4. The van der Waals surface area contributed by atoms with Gasteiger partial charge in [-0.3, -0.25) is 0 Å². The predicted molar refractivity (Wildman–Crippen MR) is 61.0 cm³/mol. The van der Waals surface area contributed by atoms with E-state index in [0.29, 0.717) is 0 Å². The molecule has 0 fully saturated rings. The standard InChI is InChI=1S/C11H15N3O/c1-7-4-8(2)10(9(3)5-7)6-13-14-11(12)15/h4-6H,1-3H3,(H3,12,14,15)/b13-6-. The Kier molecular flexibility index (Phi) is 3.44. The first-order valence-electron chi connectivity index (χ1n) is 4.67. The Hall–Kier alpha value is -1.84. The Morgan fingerprint density at radius 2 is 1.87 bits per heavy atom. The largest absolute Gasteiger partial charge is 0.350 e. The van der Waals surface area contributed by atoms with Crippen LogP contribution in [0, 0.1) is 20.8 Å². The van der Waals surface area contributed by atoms with Crippen molar-refractivity contribution in [2.45, 2.75) is 20.8 Å². The molecular formula is C11H15N3O. The molecule has 1 aromatic carbocycles. The second-order valence-corrected chi connectivity index (χ2v) is 3.55. The summed E-state index contributed by atoms with van der Waals surface area (Å²) in [6, 6.07) is 3.48. The molecule has 3 N–H and O–H groups in total. The van der Waals surface area contributed by atoms with Gasteiger partial charge in [0.1, 0.15) is 0 Å². The lowest BCUT2D eigenvalue weighted by Gasteiger charge is -2.06. The van der Waals surface area contributed by atoms with Gasteiger partial charge in [0.15, 0.2) is 0 Å². The van der Waals surface area contributed by atoms with Crippen molar-refractivity contribution in [2.75, 3.05) is 0 Å². The Morgan fingerprint density at radius 1 is 1.33 bits per heavy atom. The maximum Gasteiger partial charge on any atom is 0.332 e. The van der Waals surface area contributed by atoms with E-state index in [1.807, 2.05) is 20.8 Å². The van der Waals surface area contributed by atoms with Gasteiger partial charge in [-0.15, -0.1) is 0 Å². The Labute approximate surface area is 89.2 Å². The van der Waals surface area contributed by atoms with Gasteiger partial charge in [-0.25, -0.2) is 10.2 Å². The molecular weight excluding hydrogens is 190 g/mol. The molecule has 0 aliphatic carbocycles. The number of benzene rings is 1. The fraction of sp³-hybridized carbons (Fsp3) is 0.273. The van der Waals surface area contributed by atoms with Gasteiger partial charge in [0.2, 0.25) is 0 Å². The van der Waals surface area contributed by atoms with Crippen LogP contribution in [0.2, 0.25) is 0 Å². The minimum absolute atomic E-state index is 0.659. The van der Waals surface area contributed by atoms with Crippen LogP contribution in [0.5, 0.6) is 0 Å². The fourth-order valence-corrected chi connectivity index (χ4v) is 1.56. The number of carbonyl (C=O) groups is 1. The Morgan fingerprint density at radius 3 is 2.33 bits per heavy atom. The molecule has 80 valence electrons. The van der Waals surface area contributed by atoms with E-state index in [0.717, 1.165) is 16.7 Å². The minimum Gasteiger partial charge on any atom is -0.350 e. The van der Waals surface area contributed by atoms with Crippen molar-refractivity contribution in [3.05, 3.63) is 34.4 Å². The third-order valence-electron chi connectivity index (χ3n) is 2.11. The van der Waals surface area contributed by atoms with Crippen molar-refractivity contribution >= 4 is 12.2 Å². The number of urea groups is 1. The van der Waals surface area contributed by atoms with Gasteiger partial charge in [-0.05, 0) is 31.9 Å². The number of amides is 2. The Bertz CT molecular complexity index is 387. The zero-order valence-corrected chi connectivity index (χ0v) is 9.16. The third kappa shape index (κ3) is 3.09. The van der Waals surface area contributed by atoms with Gasteiger partial charge < -0.3 is 5.73 Å². The molecule has 2 amide bonds. The summed E-state index contributed by atoms with van der Waals surface area (Å²) < 4.78 is 0. The number of carbonyl (C=O) groups excluding carboxylic acids is 1. The van der Waals surface area contributed by atoms with Crippen LogP contribution < -0.4 is 11.2 Å². The SMILES string of the molecule is Cc1cc(C)c(/C=N\NC(N)=O)c(C)c1. The zero-order valence-electron chi connectivity index (χ0n) is 9.16. The Balaban J connectivity index is 2.94. The molecule has 1 rings (SSSR count). The van der Waals surface area contributed by atoms with E-state index in [-0.39, 0.29) is 0 Å². The van der Waals surface area contributed by atoms with E-state index in [4.69, 9.17) is 5.73 Å². The molecule has 0 aromatic heterocycles. The first-order valence-corrected chi connectivity index (χ1v) is 4.67. The molecule has 0 saturated carbocycles. The molecule has 0 heterocycles. The number of nitrogens with one attached hydrogen (secondary N) is 1. The van der Waals surface area contributed by atoms with Gasteiger partial charge in [-0.1, -0.05) is 17.7 Å². The number of nitrogens with two attached hydrogens (primary N) is 1. The maximum atomic E-state index is 10.4. The van der Waals surface area contributed by atoms with Crippen molar-refractivity contribution in [3.8, 4) is 0 Å². The van der Waals surface area contributed by atoms with Crippen LogP contribution in [0.15, 0.2) is 17.2 Å². The molecule has 0 aliphatic heterocycles. The van der Waals surface area contributed by atoms with E-state index in [2.05, 4.69) is 22.7 Å². The second kappa shape index (κ2) is 4.59. The molecule has 0 aliphatic rings. The molecule has 1 aromatic rings. The number of aryl methyl sites for hydroxylation is 3. The number of hydrogen-bond acceptors (Lipinski definition) is 2. The topological polar surface area (TPSA) is 67.5 Å². The van der Waals surface area contributed by atoms with Crippen molar-refractivity contribution in [1.29, 1.82) is 0 Å². The van der Waals surface area contributed by atoms with Crippen LogP contribution in [0.4, 0.5) is 4.79 Å². The third-order valence-corrected chi connectivity index (χ3v) is 2.11. The molecule has 4 heteroatoms. The first kappa shape index (κ1) is 11.2. The van der Waals surface area contributed by atoms with Crippen molar-refractivity contribution in [3.63, 3.8) is 0 Å². The summed E-state index contributed by atoms with van der Waals surface area (Å²) in [7, 11) is 0. The van der Waals surface area contributed by atoms with Crippen LogP contribution >= 0.6 is 0 Å². The molecule has 0 atom stereocenters. The summed E-state index contributed by atoms with van der Waals surface area (Å²) in [5.74, 6) is 0. The van der Waals surface area contributed by atoms with Crippen molar-refractivity contribution < 1.29 is 4.79 Å². The van der Waals surface area contributed by atoms with Gasteiger partial charge in [0, 0.05) is 5.56 Å². The highest BCUT2D eigenvalue weighted by Gasteiger charge is 2.00. The molecule has 0 unspecified atom stereocenters. The van der Waals surface area contributed by atoms with Crippen LogP contribution in [-0.4, -0.2) is 12.2 Å². The minimum atomic E-state index is -0.659. The number of hydrogen-bond donors (Lipinski definition) is 2. The molecule has 0 spiro atoms. The quantitative estimate of drug-likeness (QED) is 0.559. The van der Waals surface area contributed by atoms with Gasteiger partial charge in [0.05, 0.1) is 6.21 Å². The molecule has 15 heavy (non-hydrogen) atoms. The normalized spacial score (nSPS) is 10.6. The molecule has 0 bridgehead atoms. The molecule has 4 nitrogen and oxygen atoms in total.